The summed E-state index contributed by atoms with van der Waals surface area (Å²) in [6.07, 6.45) is 1.80. The lowest BCUT2D eigenvalue weighted by atomic mass is 10.1. The predicted molar refractivity (Wildman–Crippen MR) is 88.4 cm³/mol. The summed E-state index contributed by atoms with van der Waals surface area (Å²) in [6.45, 7) is 0. The number of carbonyl (C=O) groups excluding carboxylic acids is 1. The number of pyridine rings is 1. The fraction of sp³-hybridized carbons (Fsp3) is 0.176. The fourth-order valence-electron chi connectivity index (χ4n) is 2.40. The van der Waals surface area contributed by atoms with E-state index in [2.05, 4.69) is 15.4 Å². The number of nitrogens with one attached hydrogen (secondary N) is 1. The number of hydrogen-bond acceptors (Lipinski definition) is 5. The van der Waals surface area contributed by atoms with E-state index >= 15 is 0 Å². The minimum absolute atomic E-state index is 0.0731. The minimum atomic E-state index is -0.413. The van der Waals surface area contributed by atoms with Gasteiger partial charge in [0, 0.05) is 24.6 Å². The van der Waals surface area contributed by atoms with Crippen molar-refractivity contribution < 1.29 is 13.9 Å². The predicted octanol–water partition coefficient (Wildman–Crippen LogP) is 2.79. The zero-order valence-electron chi connectivity index (χ0n) is 13.4. The molecule has 1 amide bonds. The molecule has 7 nitrogen and oxygen atoms in total. The smallest absolute Gasteiger partial charge is 0.249 e. The second-order valence-corrected chi connectivity index (χ2v) is 5.18. The summed E-state index contributed by atoms with van der Waals surface area (Å²) in [5.74, 6) is -0.220. The summed E-state index contributed by atoms with van der Waals surface area (Å²) in [5, 5.41) is 15.2. The number of halogens is 1. The Balaban J connectivity index is 1.94. The van der Waals surface area contributed by atoms with E-state index in [1.807, 2.05) is 6.07 Å². The average molecular weight is 339 g/mol. The third-order valence-corrected chi connectivity index (χ3v) is 3.53. The van der Waals surface area contributed by atoms with Crippen LogP contribution in [0, 0.1) is 17.1 Å². The van der Waals surface area contributed by atoms with Crippen LogP contribution in [0.5, 0.6) is 5.75 Å². The number of carbonyl (C=O) groups is 1. The van der Waals surface area contributed by atoms with Crippen molar-refractivity contribution in [3.63, 3.8) is 0 Å². The lowest BCUT2D eigenvalue weighted by Gasteiger charge is -2.09. The van der Waals surface area contributed by atoms with Crippen LogP contribution in [-0.2, 0) is 4.79 Å². The third-order valence-electron chi connectivity index (χ3n) is 3.53. The average Bonchev–Trinajstić information content (AvgIpc) is 3.00. The van der Waals surface area contributed by atoms with E-state index in [9.17, 15) is 9.18 Å². The molecule has 126 valence electrons. The number of ether oxygens (including phenoxy) is 1. The topological polar surface area (TPSA) is 92.3 Å². The van der Waals surface area contributed by atoms with E-state index in [0.717, 1.165) is 0 Å². The molecule has 0 aliphatic heterocycles. The normalized spacial score (nSPS) is 10.4. The number of nitrogens with zero attached hydrogens (tertiary/aromatic N) is 4. The Hall–Kier alpha value is -3.47. The number of anilines is 1. The molecule has 2 heterocycles. The highest BCUT2D eigenvalue weighted by Crippen LogP contribution is 2.32. The molecule has 0 saturated heterocycles. The van der Waals surface area contributed by atoms with Gasteiger partial charge >= 0.3 is 0 Å². The van der Waals surface area contributed by atoms with Crippen LogP contribution in [-0.4, -0.2) is 27.6 Å². The monoisotopic (exact) mass is 339 g/mol. The van der Waals surface area contributed by atoms with Gasteiger partial charge in [-0.3, -0.25) is 10.1 Å². The van der Waals surface area contributed by atoms with Crippen LogP contribution < -0.4 is 10.1 Å². The summed E-state index contributed by atoms with van der Waals surface area (Å²) < 4.78 is 20.9. The summed E-state index contributed by atoms with van der Waals surface area (Å²) in [4.78, 5) is 15.8. The molecule has 0 saturated carbocycles. The van der Waals surface area contributed by atoms with Crippen LogP contribution >= 0.6 is 0 Å². The Morgan fingerprint density at radius 2 is 2.24 bits per heavy atom. The van der Waals surface area contributed by atoms with Crippen molar-refractivity contribution in [2.45, 2.75) is 12.8 Å². The lowest BCUT2D eigenvalue weighted by Crippen LogP contribution is -2.12. The first-order chi connectivity index (χ1) is 12.1. The van der Waals surface area contributed by atoms with Gasteiger partial charge in [-0.2, -0.15) is 10.2 Å². The van der Waals surface area contributed by atoms with Crippen molar-refractivity contribution in [3.05, 3.63) is 42.3 Å². The number of hydrogen-bond donors (Lipinski definition) is 1. The second-order valence-electron chi connectivity index (χ2n) is 5.18. The van der Waals surface area contributed by atoms with Crippen LogP contribution in [0.1, 0.15) is 12.8 Å². The first kappa shape index (κ1) is 16.4. The Morgan fingerprint density at radius 1 is 1.40 bits per heavy atom. The number of benzene rings is 1. The van der Waals surface area contributed by atoms with Gasteiger partial charge in [-0.15, -0.1) is 5.10 Å². The van der Waals surface area contributed by atoms with Gasteiger partial charge in [0.05, 0.1) is 18.7 Å². The Bertz CT molecular complexity index is 977. The van der Waals surface area contributed by atoms with Gasteiger partial charge in [-0.05, 0) is 24.3 Å². The van der Waals surface area contributed by atoms with E-state index in [1.54, 1.807) is 30.5 Å². The molecule has 0 aliphatic rings. The van der Waals surface area contributed by atoms with Crippen LogP contribution in [0.2, 0.25) is 0 Å². The molecular weight excluding hydrogens is 325 g/mol. The highest BCUT2D eigenvalue weighted by molar-refractivity contribution is 5.89. The molecule has 2 aromatic heterocycles. The number of fused-ring (bicyclic) bond motifs is 1. The van der Waals surface area contributed by atoms with Gasteiger partial charge in [0.1, 0.15) is 11.6 Å². The second kappa shape index (κ2) is 6.97. The van der Waals surface area contributed by atoms with Gasteiger partial charge < -0.3 is 4.74 Å². The maximum Gasteiger partial charge on any atom is 0.249 e. The largest absolute Gasteiger partial charge is 0.496 e. The number of rotatable bonds is 5. The highest BCUT2D eigenvalue weighted by atomic mass is 19.1. The zero-order chi connectivity index (χ0) is 17.8. The number of amides is 1. The van der Waals surface area contributed by atoms with Crippen molar-refractivity contribution >= 4 is 17.5 Å². The number of methoxy groups -OCH3 is 1. The molecule has 25 heavy (non-hydrogen) atoms. The molecule has 0 fully saturated rings. The van der Waals surface area contributed by atoms with E-state index in [4.69, 9.17) is 10.00 Å². The van der Waals surface area contributed by atoms with Crippen LogP contribution in [0.4, 0.5) is 10.3 Å². The van der Waals surface area contributed by atoms with Crippen molar-refractivity contribution in [3.8, 4) is 22.9 Å². The summed E-state index contributed by atoms with van der Waals surface area (Å²) in [6, 6.07) is 9.86. The Morgan fingerprint density at radius 3 is 3.00 bits per heavy atom. The molecular formula is C17H14FN5O2. The zero-order valence-corrected chi connectivity index (χ0v) is 13.4. The van der Waals surface area contributed by atoms with Crippen LogP contribution in [0.15, 0.2) is 36.5 Å². The molecule has 3 rings (SSSR count). The van der Waals surface area contributed by atoms with Crippen LogP contribution in [0.25, 0.3) is 16.8 Å². The molecule has 0 atom stereocenters. The maximum absolute atomic E-state index is 14.2. The molecule has 0 aliphatic carbocycles. The summed E-state index contributed by atoms with van der Waals surface area (Å²) in [7, 11) is 1.47. The summed E-state index contributed by atoms with van der Waals surface area (Å²) in [5.41, 5.74) is 1.38. The fourth-order valence-corrected chi connectivity index (χ4v) is 2.40. The quantitative estimate of drug-likeness (QED) is 0.771. The van der Waals surface area contributed by atoms with Gasteiger partial charge in [-0.25, -0.2) is 8.91 Å². The standard InChI is InChI=1S/C17H14FN5O2/c1-25-13-5-2-4-12(18)16(13)11-7-8-14-20-17(22-23(14)10-11)21-15(24)6-3-9-19/h2,4-5,7-8,10H,3,6H2,1H3,(H,21,22,24). The molecule has 1 aromatic carbocycles. The Labute approximate surface area is 142 Å². The number of aromatic nitrogens is 3. The molecule has 1 N–H and O–H groups in total. The van der Waals surface area contributed by atoms with Gasteiger partial charge in [0.15, 0.2) is 5.65 Å². The molecule has 0 unspecified atom stereocenters. The van der Waals surface area contributed by atoms with E-state index in [1.165, 1.54) is 17.7 Å². The first-order valence-corrected chi connectivity index (χ1v) is 7.48. The van der Waals surface area contributed by atoms with E-state index in [0.29, 0.717) is 22.5 Å². The Kier molecular flexibility index (Phi) is 4.57. The highest BCUT2D eigenvalue weighted by Gasteiger charge is 2.14. The van der Waals surface area contributed by atoms with E-state index in [-0.39, 0.29) is 24.7 Å². The molecule has 3 aromatic rings. The molecule has 0 radical (unpaired) electrons. The van der Waals surface area contributed by atoms with Crippen LogP contribution in [0.3, 0.4) is 0 Å². The third kappa shape index (κ3) is 3.40. The first-order valence-electron chi connectivity index (χ1n) is 7.48. The van der Waals surface area contributed by atoms with Crippen molar-refractivity contribution in [1.29, 1.82) is 5.26 Å². The van der Waals surface area contributed by atoms with Gasteiger partial charge in [0.2, 0.25) is 11.9 Å². The van der Waals surface area contributed by atoms with Crippen molar-refractivity contribution in [1.82, 2.24) is 14.6 Å². The van der Waals surface area contributed by atoms with Crippen molar-refractivity contribution in [2.24, 2.45) is 0 Å². The molecule has 0 bridgehead atoms. The maximum atomic E-state index is 14.2. The molecule has 8 heteroatoms. The van der Waals surface area contributed by atoms with Crippen molar-refractivity contribution in [2.75, 3.05) is 12.4 Å². The minimum Gasteiger partial charge on any atom is -0.496 e. The SMILES string of the molecule is COc1cccc(F)c1-c1ccc2nc(NC(=O)CCC#N)nn2c1. The van der Waals surface area contributed by atoms with Gasteiger partial charge in [-0.1, -0.05) is 6.07 Å². The lowest BCUT2D eigenvalue weighted by molar-refractivity contribution is -0.116. The van der Waals surface area contributed by atoms with E-state index < -0.39 is 5.82 Å². The molecule has 0 spiro atoms. The number of nitriles is 1. The van der Waals surface area contributed by atoms with Gasteiger partial charge in [0.25, 0.3) is 0 Å². The summed E-state index contributed by atoms with van der Waals surface area (Å²) >= 11 is 0.